The lowest BCUT2D eigenvalue weighted by Crippen LogP contribution is -2.38. The molecule has 1 unspecified atom stereocenters. The minimum Gasteiger partial charge on any atom is -0.396 e. The summed E-state index contributed by atoms with van der Waals surface area (Å²) in [5.41, 5.74) is 8.81. The van der Waals surface area contributed by atoms with Crippen molar-refractivity contribution in [1.29, 1.82) is 0 Å². The Bertz CT molecular complexity index is 824. The van der Waals surface area contributed by atoms with Crippen molar-refractivity contribution in [3.05, 3.63) is 45.8 Å². The fraction of sp³-hybridized carbons (Fsp3) is 0.235. The van der Waals surface area contributed by atoms with Crippen molar-refractivity contribution in [2.45, 2.75) is 13.2 Å². The van der Waals surface area contributed by atoms with Crippen LogP contribution in [-0.2, 0) is 0 Å². The summed E-state index contributed by atoms with van der Waals surface area (Å²) in [5, 5.41) is 13.8. The van der Waals surface area contributed by atoms with Crippen LogP contribution in [0.25, 0.3) is 11.6 Å². The first kappa shape index (κ1) is 16.7. The zero-order chi connectivity index (χ0) is 17.4. The van der Waals surface area contributed by atoms with E-state index in [-0.39, 0.29) is 5.69 Å². The molecule has 0 radical (unpaired) electrons. The lowest BCUT2D eigenvalue weighted by molar-refractivity contribution is 0.226. The monoisotopic (exact) mass is 392 g/mol. The van der Waals surface area contributed by atoms with Gasteiger partial charge in [-0.2, -0.15) is 0 Å². The molecule has 126 valence electrons. The Morgan fingerprint density at radius 1 is 1.42 bits per heavy atom. The summed E-state index contributed by atoms with van der Waals surface area (Å²) in [6.45, 7) is 2.57. The van der Waals surface area contributed by atoms with Gasteiger partial charge in [0.05, 0.1) is 11.4 Å². The molecule has 0 amide bonds. The SMILES string of the molecule is CCN1c2cc(NC)ncc2C=C(c2cc(N)c(F)cc2Br)C1O. The Morgan fingerprint density at radius 2 is 2.17 bits per heavy atom. The van der Waals surface area contributed by atoms with E-state index >= 15 is 0 Å². The number of pyridine rings is 1. The smallest absolute Gasteiger partial charge is 0.153 e. The summed E-state index contributed by atoms with van der Waals surface area (Å²) in [6, 6.07) is 4.73. The highest BCUT2D eigenvalue weighted by Gasteiger charge is 2.28. The van der Waals surface area contributed by atoms with E-state index in [0.29, 0.717) is 22.2 Å². The quantitative estimate of drug-likeness (QED) is 0.698. The molecule has 1 aliphatic rings. The molecule has 0 saturated carbocycles. The van der Waals surface area contributed by atoms with Crippen LogP contribution in [0.5, 0.6) is 0 Å². The number of anilines is 3. The fourth-order valence-corrected chi connectivity index (χ4v) is 3.39. The van der Waals surface area contributed by atoms with Crippen molar-refractivity contribution >= 4 is 44.8 Å². The first-order chi connectivity index (χ1) is 11.5. The van der Waals surface area contributed by atoms with Gasteiger partial charge in [0.2, 0.25) is 0 Å². The number of halogens is 2. The molecule has 0 saturated heterocycles. The standard InChI is InChI=1S/C17H18BrFN4O/c1-3-23-15-7-16(21-2)22-8-9(15)4-11(17(23)24)10-5-14(20)13(19)6-12(10)18/h4-8,17,24H,3,20H2,1-2H3,(H,21,22). The minimum absolute atomic E-state index is 0.0406. The van der Waals surface area contributed by atoms with Crippen LogP contribution in [0.3, 0.4) is 0 Å². The minimum atomic E-state index is -0.865. The highest BCUT2D eigenvalue weighted by molar-refractivity contribution is 9.10. The molecule has 1 aromatic carbocycles. The van der Waals surface area contributed by atoms with Crippen LogP contribution in [0.1, 0.15) is 18.1 Å². The van der Waals surface area contributed by atoms with Crippen LogP contribution in [0.15, 0.2) is 28.9 Å². The van der Waals surface area contributed by atoms with Crippen molar-refractivity contribution < 1.29 is 9.50 Å². The normalized spacial score (nSPS) is 16.6. The number of hydrogen-bond acceptors (Lipinski definition) is 5. The van der Waals surface area contributed by atoms with Gasteiger partial charge in [0.15, 0.2) is 6.23 Å². The first-order valence-electron chi connectivity index (χ1n) is 7.55. The first-order valence-corrected chi connectivity index (χ1v) is 8.34. The number of hydrogen-bond donors (Lipinski definition) is 3. The molecule has 3 rings (SSSR count). The molecule has 1 atom stereocenters. The van der Waals surface area contributed by atoms with Crippen LogP contribution in [-0.4, -0.2) is 29.9 Å². The Labute approximate surface area is 148 Å². The molecular weight excluding hydrogens is 375 g/mol. The number of aromatic nitrogens is 1. The van der Waals surface area contributed by atoms with Crippen LogP contribution < -0.4 is 16.0 Å². The number of nitrogens with zero attached hydrogens (tertiary/aromatic N) is 2. The number of fused-ring (bicyclic) bond motifs is 1. The van der Waals surface area contributed by atoms with Gasteiger partial charge in [-0.3, -0.25) is 0 Å². The molecule has 0 bridgehead atoms. The molecule has 2 heterocycles. The maximum atomic E-state index is 13.6. The maximum absolute atomic E-state index is 13.6. The van der Waals surface area contributed by atoms with Gasteiger partial charge in [0.1, 0.15) is 11.6 Å². The predicted octanol–water partition coefficient (Wildman–Crippen LogP) is 3.31. The van der Waals surface area contributed by atoms with Crippen molar-refractivity contribution in [2.24, 2.45) is 0 Å². The molecule has 0 aliphatic carbocycles. The highest BCUT2D eigenvalue weighted by Crippen LogP contribution is 2.39. The Hall–Kier alpha value is -2.12. The van der Waals surface area contributed by atoms with Gasteiger partial charge < -0.3 is 21.1 Å². The Morgan fingerprint density at radius 3 is 2.83 bits per heavy atom. The summed E-state index contributed by atoms with van der Waals surface area (Å²) in [7, 11) is 1.80. The largest absolute Gasteiger partial charge is 0.396 e. The van der Waals surface area contributed by atoms with Gasteiger partial charge in [-0.05, 0) is 30.7 Å². The molecule has 2 aromatic rings. The molecule has 1 aromatic heterocycles. The average molecular weight is 393 g/mol. The van der Waals surface area contributed by atoms with E-state index in [9.17, 15) is 9.50 Å². The number of aliphatic hydroxyl groups excluding tert-OH is 1. The third kappa shape index (κ3) is 2.74. The number of benzene rings is 1. The molecule has 5 nitrogen and oxygen atoms in total. The highest BCUT2D eigenvalue weighted by atomic mass is 79.9. The number of aliphatic hydroxyl groups is 1. The summed E-state index contributed by atoms with van der Waals surface area (Å²) in [4.78, 5) is 6.19. The molecule has 24 heavy (non-hydrogen) atoms. The Kier molecular flexibility index (Phi) is 4.47. The number of nitrogen functional groups attached to an aromatic ring is 1. The van der Waals surface area contributed by atoms with E-state index in [0.717, 1.165) is 17.1 Å². The van der Waals surface area contributed by atoms with Gasteiger partial charge in [0, 0.05) is 41.5 Å². The second-order valence-corrected chi connectivity index (χ2v) is 6.35. The molecule has 1 aliphatic heterocycles. The van der Waals surface area contributed by atoms with Crippen molar-refractivity contribution in [3.8, 4) is 0 Å². The van der Waals surface area contributed by atoms with E-state index in [2.05, 4.69) is 26.2 Å². The van der Waals surface area contributed by atoms with Crippen LogP contribution in [0.2, 0.25) is 0 Å². The molecule has 0 fully saturated rings. The van der Waals surface area contributed by atoms with E-state index < -0.39 is 12.0 Å². The lowest BCUT2D eigenvalue weighted by atomic mass is 9.96. The van der Waals surface area contributed by atoms with Gasteiger partial charge in [-0.1, -0.05) is 15.9 Å². The second-order valence-electron chi connectivity index (χ2n) is 5.49. The summed E-state index contributed by atoms with van der Waals surface area (Å²) >= 11 is 3.36. The number of rotatable bonds is 3. The van der Waals surface area contributed by atoms with E-state index in [1.165, 1.54) is 12.1 Å². The predicted molar refractivity (Wildman–Crippen MR) is 99.2 cm³/mol. The summed E-state index contributed by atoms with van der Waals surface area (Å²) in [6.07, 6.45) is 2.74. The maximum Gasteiger partial charge on any atom is 0.153 e. The van der Waals surface area contributed by atoms with Crippen LogP contribution in [0, 0.1) is 5.82 Å². The zero-order valence-electron chi connectivity index (χ0n) is 13.3. The van der Waals surface area contributed by atoms with E-state index in [1.54, 1.807) is 13.2 Å². The van der Waals surface area contributed by atoms with Crippen LogP contribution in [0.4, 0.5) is 21.6 Å². The number of likely N-dealkylation sites (N-methyl/N-ethyl adjacent to an activating group) is 1. The van der Waals surface area contributed by atoms with Crippen molar-refractivity contribution in [2.75, 3.05) is 29.5 Å². The third-order valence-corrected chi connectivity index (χ3v) is 4.76. The zero-order valence-corrected chi connectivity index (χ0v) is 14.9. The fourth-order valence-electron chi connectivity index (χ4n) is 2.84. The van der Waals surface area contributed by atoms with E-state index in [4.69, 9.17) is 5.73 Å². The lowest BCUT2D eigenvalue weighted by Gasteiger charge is -2.36. The van der Waals surface area contributed by atoms with Gasteiger partial charge >= 0.3 is 0 Å². The van der Waals surface area contributed by atoms with Crippen molar-refractivity contribution in [1.82, 2.24) is 4.98 Å². The molecule has 0 spiro atoms. The second kappa shape index (κ2) is 6.41. The Balaban J connectivity index is 2.18. The number of nitrogens with one attached hydrogen (secondary N) is 1. The van der Waals surface area contributed by atoms with Gasteiger partial charge in [-0.15, -0.1) is 0 Å². The van der Waals surface area contributed by atoms with E-state index in [1.807, 2.05) is 24.0 Å². The molecule has 7 heteroatoms. The summed E-state index contributed by atoms with van der Waals surface area (Å²) < 4.78 is 14.2. The third-order valence-electron chi connectivity index (χ3n) is 4.10. The summed E-state index contributed by atoms with van der Waals surface area (Å²) in [5.74, 6) is 0.230. The van der Waals surface area contributed by atoms with Gasteiger partial charge in [0.25, 0.3) is 0 Å². The van der Waals surface area contributed by atoms with Crippen molar-refractivity contribution in [3.63, 3.8) is 0 Å². The average Bonchev–Trinajstić information content (AvgIpc) is 2.57. The molecule has 4 N–H and O–H groups in total. The van der Waals surface area contributed by atoms with Gasteiger partial charge in [-0.25, -0.2) is 9.37 Å². The topological polar surface area (TPSA) is 74.4 Å². The van der Waals surface area contributed by atoms with Crippen LogP contribution >= 0.6 is 15.9 Å². The molecular formula is C17H18BrFN4O. The number of nitrogens with two attached hydrogens (primary N) is 1.